The third-order valence-corrected chi connectivity index (χ3v) is 2.59. The van der Waals surface area contributed by atoms with Crippen LogP contribution in [-0.2, 0) is 0 Å². The van der Waals surface area contributed by atoms with Crippen molar-refractivity contribution in [1.82, 2.24) is 0 Å². The lowest BCUT2D eigenvalue weighted by atomic mass is 10.1. The smallest absolute Gasteiger partial charge is 0.163 e. The molecule has 3 heteroatoms. The normalized spacial score (nSPS) is 10.6. The molecule has 0 aliphatic rings. The summed E-state index contributed by atoms with van der Waals surface area (Å²) in [5.74, 6) is 0.0191. The van der Waals surface area contributed by atoms with E-state index in [1.807, 2.05) is 18.2 Å². The fourth-order valence-corrected chi connectivity index (χ4v) is 1.87. The van der Waals surface area contributed by atoms with Crippen molar-refractivity contribution < 1.29 is 9.21 Å². The van der Waals surface area contributed by atoms with E-state index in [9.17, 15) is 4.79 Å². The van der Waals surface area contributed by atoms with E-state index in [2.05, 4.69) is 15.9 Å². The first-order valence-corrected chi connectivity index (χ1v) is 4.66. The van der Waals surface area contributed by atoms with Gasteiger partial charge in [-0.15, -0.1) is 0 Å². The summed E-state index contributed by atoms with van der Waals surface area (Å²) in [6.07, 6.45) is 1.50. The summed E-state index contributed by atoms with van der Waals surface area (Å²) in [5.41, 5.74) is 1.36. The predicted octanol–water partition coefficient (Wildman–Crippen LogP) is 3.40. The Kier molecular flexibility index (Phi) is 1.96. The van der Waals surface area contributed by atoms with Gasteiger partial charge in [0.1, 0.15) is 11.8 Å². The Balaban J connectivity index is 2.86. The van der Waals surface area contributed by atoms with E-state index in [0.717, 1.165) is 15.4 Å². The second-order valence-electron chi connectivity index (χ2n) is 2.82. The molecule has 0 saturated heterocycles. The Morgan fingerprint density at radius 1 is 1.46 bits per heavy atom. The number of ketones is 1. The van der Waals surface area contributed by atoms with Gasteiger partial charge in [-0.1, -0.05) is 22.0 Å². The largest absolute Gasteiger partial charge is 0.464 e. The summed E-state index contributed by atoms with van der Waals surface area (Å²) in [7, 11) is 0. The van der Waals surface area contributed by atoms with Crippen molar-refractivity contribution in [3.8, 4) is 0 Å². The lowest BCUT2D eigenvalue weighted by Gasteiger charge is -1.93. The molecule has 0 saturated carbocycles. The predicted molar refractivity (Wildman–Crippen MR) is 53.9 cm³/mol. The van der Waals surface area contributed by atoms with Crippen LogP contribution >= 0.6 is 15.9 Å². The number of halogens is 1. The van der Waals surface area contributed by atoms with Gasteiger partial charge >= 0.3 is 0 Å². The van der Waals surface area contributed by atoms with E-state index < -0.39 is 0 Å². The molecule has 1 aromatic carbocycles. The molecule has 2 rings (SSSR count). The average Bonchev–Trinajstić information content (AvgIpc) is 2.49. The fraction of sp³-hybridized carbons (Fsp3) is 0.100. The number of benzene rings is 1. The molecule has 66 valence electrons. The summed E-state index contributed by atoms with van der Waals surface area (Å²) >= 11 is 3.38. The summed E-state index contributed by atoms with van der Waals surface area (Å²) in [6.45, 7) is 1.53. The highest BCUT2D eigenvalue weighted by molar-refractivity contribution is 9.10. The van der Waals surface area contributed by atoms with Crippen molar-refractivity contribution in [2.75, 3.05) is 0 Å². The van der Waals surface area contributed by atoms with Gasteiger partial charge in [0.05, 0.1) is 5.56 Å². The van der Waals surface area contributed by atoms with Crippen molar-refractivity contribution in [2.45, 2.75) is 6.92 Å². The molecule has 1 aromatic heterocycles. The van der Waals surface area contributed by atoms with Gasteiger partial charge in [-0.3, -0.25) is 4.79 Å². The second kappa shape index (κ2) is 3.00. The van der Waals surface area contributed by atoms with Crippen LogP contribution in [0.4, 0.5) is 0 Å². The van der Waals surface area contributed by atoms with Crippen LogP contribution in [0.15, 0.2) is 33.4 Å². The number of fused-ring (bicyclic) bond motifs is 1. The van der Waals surface area contributed by atoms with Crippen LogP contribution in [0.5, 0.6) is 0 Å². The van der Waals surface area contributed by atoms with E-state index >= 15 is 0 Å². The molecule has 2 aromatic rings. The van der Waals surface area contributed by atoms with Crippen molar-refractivity contribution in [3.05, 3.63) is 34.5 Å². The molecular weight excluding hydrogens is 232 g/mol. The van der Waals surface area contributed by atoms with Crippen molar-refractivity contribution in [1.29, 1.82) is 0 Å². The van der Waals surface area contributed by atoms with Crippen LogP contribution < -0.4 is 0 Å². The van der Waals surface area contributed by atoms with Crippen molar-refractivity contribution in [3.63, 3.8) is 0 Å². The van der Waals surface area contributed by atoms with Gasteiger partial charge in [0, 0.05) is 9.86 Å². The van der Waals surface area contributed by atoms with Crippen LogP contribution in [0.1, 0.15) is 17.3 Å². The lowest BCUT2D eigenvalue weighted by Crippen LogP contribution is -1.88. The van der Waals surface area contributed by atoms with Gasteiger partial charge in [0.15, 0.2) is 5.78 Å². The maximum atomic E-state index is 11.2. The van der Waals surface area contributed by atoms with Gasteiger partial charge in [-0.25, -0.2) is 0 Å². The fourth-order valence-electron chi connectivity index (χ4n) is 1.30. The van der Waals surface area contributed by atoms with Gasteiger partial charge < -0.3 is 4.42 Å². The minimum Gasteiger partial charge on any atom is -0.464 e. The van der Waals surface area contributed by atoms with Gasteiger partial charge in [0.25, 0.3) is 0 Å². The molecule has 0 unspecified atom stereocenters. The standard InChI is InChI=1S/C10H7BrO2/c1-6(12)7-5-13-9-4-2-3-8(11)10(7)9/h2-5H,1H3. The molecule has 0 aliphatic carbocycles. The molecule has 0 N–H and O–H groups in total. The number of hydrogen-bond acceptors (Lipinski definition) is 2. The number of furan rings is 1. The molecule has 0 atom stereocenters. The maximum Gasteiger partial charge on any atom is 0.163 e. The van der Waals surface area contributed by atoms with E-state index in [4.69, 9.17) is 4.42 Å². The number of carbonyl (C=O) groups excluding carboxylic acids is 1. The monoisotopic (exact) mass is 238 g/mol. The summed E-state index contributed by atoms with van der Waals surface area (Å²) in [5, 5.41) is 0.856. The lowest BCUT2D eigenvalue weighted by molar-refractivity contribution is 0.101. The zero-order valence-electron chi connectivity index (χ0n) is 7.00. The Morgan fingerprint density at radius 2 is 2.23 bits per heavy atom. The summed E-state index contributed by atoms with van der Waals surface area (Å²) in [6, 6.07) is 5.61. The minimum absolute atomic E-state index is 0.0191. The summed E-state index contributed by atoms with van der Waals surface area (Å²) < 4.78 is 6.13. The topological polar surface area (TPSA) is 30.2 Å². The Labute approximate surface area is 83.7 Å². The van der Waals surface area contributed by atoms with Crippen molar-refractivity contribution in [2.24, 2.45) is 0 Å². The Bertz CT molecular complexity index is 471. The molecule has 0 amide bonds. The molecule has 0 radical (unpaired) electrons. The third kappa shape index (κ3) is 1.29. The van der Waals surface area contributed by atoms with Crippen LogP contribution in [0.3, 0.4) is 0 Å². The van der Waals surface area contributed by atoms with Gasteiger partial charge in [-0.2, -0.15) is 0 Å². The summed E-state index contributed by atoms with van der Waals surface area (Å²) in [4.78, 5) is 11.2. The molecule has 0 spiro atoms. The number of hydrogen-bond donors (Lipinski definition) is 0. The zero-order chi connectivity index (χ0) is 9.42. The molecule has 0 bridgehead atoms. The van der Waals surface area contributed by atoms with E-state index in [0.29, 0.717) is 5.56 Å². The van der Waals surface area contributed by atoms with E-state index in [1.165, 1.54) is 13.2 Å². The average molecular weight is 239 g/mol. The second-order valence-corrected chi connectivity index (χ2v) is 3.67. The first-order valence-electron chi connectivity index (χ1n) is 3.87. The minimum atomic E-state index is 0.0191. The van der Waals surface area contributed by atoms with Crippen LogP contribution in [-0.4, -0.2) is 5.78 Å². The maximum absolute atomic E-state index is 11.2. The Hall–Kier alpha value is -1.09. The molecule has 0 aliphatic heterocycles. The molecule has 13 heavy (non-hydrogen) atoms. The van der Waals surface area contributed by atoms with Crippen LogP contribution in [0, 0.1) is 0 Å². The first-order chi connectivity index (χ1) is 6.20. The molecular formula is C10H7BrO2. The Morgan fingerprint density at radius 3 is 2.92 bits per heavy atom. The highest BCUT2D eigenvalue weighted by atomic mass is 79.9. The molecule has 1 heterocycles. The van der Waals surface area contributed by atoms with E-state index in [-0.39, 0.29) is 5.78 Å². The molecule has 2 nitrogen and oxygen atoms in total. The van der Waals surface area contributed by atoms with Crippen LogP contribution in [0.25, 0.3) is 11.0 Å². The SMILES string of the molecule is CC(=O)c1coc2cccc(Br)c12. The van der Waals surface area contributed by atoms with Gasteiger partial charge in [0.2, 0.25) is 0 Å². The number of Topliss-reactive ketones (excluding diaryl/α,β-unsaturated/α-hetero) is 1. The number of carbonyl (C=O) groups is 1. The number of rotatable bonds is 1. The highest BCUT2D eigenvalue weighted by Crippen LogP contribution is 2.28. The highest BCUT2D eigenvalue weighted by Gasteiger charge is 2.11. The first kappa shape index (κ1) is 8.51. The quantitative estimate of drug-likeness (QED) is 0.714. The van der Waals surface area contributed by atoms with Crippen LogP contribution in [0.2, 0.25) is 0 Å². The van der Waals surface area contributed by atoms with Crippen molar-refractivity contribution >= 4 is 32.7 Å². The van der Waals surface area contributed by atoms with Gasteiger partial charge in [-0.05, 0) is 19.1 Å². The third-order valence-electron chi connectivity index (χ3n) is 1.93. The van der Waals surface area contributed by atoms with E-state index in [1.54, 1.807) is 0 Å². The zero-order valence-corrected chi connectivity index (χ0v) is 8.59. The molecule has 0 fully saturated rings.